The molecule has 0 radical (unpaired) electrons. The van der Waals surface area contributed by atoms with Gasteiger partial charge in [-0.2, -0.15) is 4.39 Å². The molecule has 0 aliphatic rings. The molecule has 0 rings (SSSR count). The molecule has 26 heavy (non-hydrogen) atoms. The lowest BCUT2D eigenvalue weighted by Crippen LogP contribution is -2.04. The van der Waals surface area contributed by atoms with Crippen LogP contribution in [0.2, 0.25) is 0 Å². The van der Waals surface area contributed by atoms with Gasteiger partial charge in [-0.1, -0.05) is 52.0 Å². The zero-order chi connectivity index (χ0) is 20.4. The maximum atomic E-state index is 14.0. The molecule has 0 aromatic heterocycles. The lowest BCUT2D eigenvalue weighted by Gasteiger charge is -2.15. The number of hydrogen-bond acceptors (Lipinski definition) is 2. The third kappa shape index (κ3) is 7.98. The highest BCUT2D eigenvalue weighted by Crippen LogP contribution is 2.29. The molecule has 0 aromatic carbocycles. The molecule has 5 heteroatoms. The summed E-state index contributed by atoms with van der Waals surface area (Å²) >= 11 is 0. The van der Waals surface area contributed by atoms with Gasteiger partial charge in [0, 0.05) is 11.5 Å². The van der Waals surface area contributed by atoms with Gasteiger partial charge in [-0.05, 0) is 30.4 Å². The first kappa shape index (κ1) is 23.4. The van der Waals surface area contributed by atoms with E-state index in [0.717, 1.165) is 6.08 Å². The van der Waals surface area contributed by atoms with E-state index < -0.39 is 23.2 Å². The van der Waals surface area contributed by atoms with Crippen molar-refractivity contribution in [1.29, 1.82) is 0 Å². The summed E-state index contributed by atoms with van der Waals surface area (Å²) in [6, 6.07) is 0. The normalized spacial score (nSPS) is 14.3. The largest absolute Gasteiger partial charge is 0.506 e. The second-order valence-corrected chi connectivity index (χ2v) is 5.89. The van der Waals surface area contributed by atoms with Gasteiger partial charge in [-0.25, -0.2) is 8.78 Å². The van der Waals surface area contributed by atoms with Crippen molar-refractivity contribution in [2.24, 2.45) is 11.8 Å². The van der Waals surface area contributed by atoms with E-state index in [1.807, 2.05) is 6.92 Å². The van der Waals surface area contributed by atoms with Crippen molar-refractivity contribution in [3.8, 4) is 11.8 Å². The summed E-state index contributed by atoms with van der Waals surface area (Å²) in [6.07, 6.45) is 2.11. The number of methoxy groups -OCH3 is 1. The number of halogens is 3. The Morgan fingerprint density at radius 2 is 1.65 bits per heavy atom. The van der Waals surface area contributed by atoms with Crippen molar-refractivity contribution in [1.82, 2.24) is 0 Å². The van der Waals surface area contributed by atoms with Crippen LogP contribution in [0.15, 0.2) is 72.5 Å². The van der Waals surface area contributed by atoms with Crippen molar-refractivity contribution >= 4 is 0 Å². The average Bonchev–Trinajstić information content (AvgIpc) is 2.61. The minimum atomic E-state index is -1.16. The zero-order valence-electron chi connectivity index (χ0n) is 15.5. The predicted octanol–water partition coefficient (Wildman–Crippen LogP) is 6.39. The van der Waals surface area contributed by atoms with Gasteiger partial charge < -0.3 is 9.84 Å². The molecule has 0 saturated heterocycles. The standard InChI is InChI=1S/C21H25F3O2/c1-13(8-9-14(2)12-19(22)17(5)25)10-11-15(3)16(4)20(23)21(24)18(6)26-7/h12-13,15,25H,2,4-6,10-11H2,1,3,7H3/b19-12+,21-20-. The highest BCUT2D eigenvalue weighted by atomic mass is 19.2. The fourth-order valence-corrected chi connectivity index (χ4v) is 1.80. The first-order valence-corrected chi connectivity index (χ1v) is 7.94. The molecule has 2 nitrogen and oxygen atoms in total. The average molecular weight is 366 g/mol. The van der Waals surface area contributed by atoms with Crippen LogP contribution in [0.5, 0.6) is 0 Å². The number of aliphatic hydroxyl groups is 1. The molecule has 2 unspecified atom stereocenters. The van der Waals surface area contributed by atoms with Gasteiger partial charge in [-0.15, -0.1) is 0 Å². The molecular formula is C21H25F3O2. The Kier molecular flexibility index (Phi) is 9.98. The van der Waals surface area contributed by atoms with Crippen molar-refractivity contribution in [3.63, 3.8) is 0 Å². The van der Waals surface area contributed by atoms with Crippen molar-refractivity contribution in [2.45, 2.75) is 26.7 Å². The molecule has 0 heterocycles. The topological polar surface area (TPSA) is 29.5 Å². The van der Waals surface area contributed by atoms with E-state index >= 15 is 0 Å². The minimum Gasteiger partial charge on any atom is -0.506 e. The molecule has 0 fully saturated rings. The van der Waals surface area contributed by atoms with Gasteiger partial charge in [0.15, 0.2) is 17.5 Å². The van der Waals surface area contributed by atoms with Crippen LogP contribution in [-0.2, 0) is 4.74 Å². The third-order valence-corrected chi connectivity index (χ3v) is 3.65. The molecular weight excluding hydrogens is 341 g/mol. The van der Waals surface area contributed by atoms with Crippen LogP contribution >= 0.6 is 0 Å². The predicted molar refractivity (Wildman–Crippen MR) is 100.0 cm³/mol. The Morgan fingerprint density at radius 1 is 1.08 bits per heavy atom. The van der Waals surface area contributed by atoms with E-state index in [1.165, 1.54) is 7.11 Å². The molecule has 0 spiro atoms. The summed E-state index contributed by atoms with van der Waals surface area (Å²) in [5, 5.41) is 8.87. The fourth-order valence-electron chi connectivity index (χ4n) is 1.80. The minimum absolute atomic E-state index is 0.0248. The Balaban J connectivity index is 4.77. The van der Waals surface area contributed by atoms with Gasteiger partial charge in [0.25, 0.3) is 0 Å². The van der Waals surface area contributed by atoms with E-state index in [9.17, 15) is 13.2 Å². The Bertz CT molecular complexity index is 703. The zero-order valence-corrected chi connectivity index (χ0v) is 15.5. The fraction of sp³-hybridized carbons (Fsp3) is 0.333. The van der Waals surface area contributed by atoms with Gasteiger partial charge >= 0.3 is 0 Å². The number of hydrogen-bond donors (Lipinski definition) is 1. The van der Waals surface area contributed by atoms with E-state index in [2.05, 4.69) is 42.9 Å². The summed E-state index contributed by atoms with van der Waals surface area (Å²) in [7, 11) is 1.20. The van der Waals surface area contributed by atoms with E-state index in [-0.39, 0.29) is 28.7 Å². The summed E-state index contributed by atoms with van der Waals surface area (Å²) in [5.74, 6) is 0.964. The maximum absolute atomic E-state index is 14.0. The second kappa shape index (κ2) is 11.1. The summed E-state index contributed by atoms with van der Waals surface area (Å²) in [4.78, 5) is 0. The number of aliphatic hydroxyl groups excluding tert-OH is 1. The molecule has 0 amide bonds. The smallest absolute Gasteiger partial charge is 0.200 e. The van der Waals surface area contributed by atoms with Crippen LogP contribution in [0.1, 0.15) is 26.7 Å². The molecule has 0 aromatic rings. The van der Waals surface area contributed by atoms with E-state index in [0.29, 0.717) is 12.8 Å². The SMILES string of the molecule is C=C(C#CC(C)CCC(C)C(=C)/C(F)=C(/F)C(=C)OC)/C=C(/F)C(=C)O. The second-order valence-electron chi connectivity index (χ2n) is 5.89. The van der Waals surface area contributed by atoms with Gasteiger partial charge in [-0.3, -0.25) is 0 Å². The summed E-state index contributed by atoms with van der Waals surface area (Å²) in [5.41, 5.74) is 0.216. The van der Waals surface area contributed by atoms with Gasteiger partial charge in [0.2, 0.25) is 0 Å². The molecule has 142 valence electrons. The highest BCUT2D eigenvalue weighted by molar-refractivity contribution is 5.39. The summed E-state index contributed by atoms with van der Waals surface area (Å²) in [6.45, 7) is 17.1. The van der Waals surface area contributed by atoms with Crippen LogP contribution in [0.4, 0.5) is 13.2 Å². The first-order chi connectivity index (χ1) is 12.0. The monoisotopic (exact) mass is 366 g/mol. The summed E-state index contributed by atoms with van der Waals surface area (Å²) < 4.78 is 45.4. The van der Waals surface area contributed by atoms with Crippen molar-refractivity contribution < 1.29 is 23.0 Å². The van der Waals surface area contributed by atoms with E-state index in [4.69, 9.17) is 5.11 Å². The molecule has 0 aliphatic heterocycles. The van der Waals surface area contributed by atoms with Crippen molar-refractivity contribution in [3.05, 3.63) is 72.5 Å². The number of ether oxygens (including phenoxy) is 1. The lowest BCUT2D eigenvalue weighted by molar-refractivity contribution is 0.280. The number of allylic oxidation sites excluding steroid dienone is 6. The molecule has 0 saturated carbocycles. The van der Waals surface area contributed by atoms with Crippen LogP contribution in [0.25, 0.3) is 0 Å². The Hall–Kier alpha value is -2.61. The maximum Gasteiger partial charge on any atom is 0.200 e. The Morgan fingerprint density at radius 3 is 2.15 bits per heavy atom. The van der Waals surface area contributed by atoms with Crippen LogP contribution in [0, 0.1) is 23.7 Å². The quantitative estimate of drug-likeness (QED) is 0.291. The first-order valence-electron chi connectivity index (χ1n) is 7.94. The molecule has 1 N–H and O–H groups in total. The third-order valence-electron chi connectivity index (χ3n) is 3.65. The Labute approximate surface area is 153 Å². The molecule has 2 atom stereocenters. The highest BCUT2D eigenvalue weighted by Gasteiger charge is 2.18. The van der Waals surface area contributed by atoms with Crippen LogP contribution in [0.3, 0.4) is 0 Å². The van der Waals surface area contributed by atoms with Crippen molar-refractivity contribution in [2.75, 3.05) is 7.11 Å². The van der Waals surface area contributed by atoms with Crippen LogP contribution in [-0.4, -0.2) is 12.2 Å². The van der Waals surface area contributed by atoms with Crippen LogP contribution < -0.4 is 0 Å². The van der Waals surface area contributed by atoms with Gasteiger partial charge in [0.1, 0.15) is 11.5 Å². The van der Waals surface area contributed by atoms with Gasteiger partial charge in [0.05, 0.1) is 7.11 Å². The molecule has 0 bridgehead atoms. The van der Waals surface area contributed by atoms with E-state index in [1.54, 1.807) is 6.92 Å². The number of rotatable bonds is 9. The molecule has 0 aliphatic carbocycles. The lowest BCUT2D eigenvalue weighted by atomic mass is 9.92.